The summed E-state index contributed by atoms with van der Waals surface area (Å²) in [7, 11) is 0. The first-order valence-electron chi connectivity index (χ1n) is 9.62. The zero-order valence-electron chi connectivity index (χ0n) is 15.2. The first kappa shape index (κ1) is 16.6. The van der Waals surface area contributed by atoms with Crippen LogP contribution < -0.4 is 10.6 Å². The fourth-order valence-electron chi connectivity index (χ4n) is 6.25. The lowest BCUT2D eigenvalue weighted by molar-refractivity contribution is -0.148. The van der Waals surface area contributed by atoms with E-state index < -0.39 is 0 Å². The molecule has 0 heterocycles. The molecule has 4 nitrogen and oxygen atoms in total. The third-order valence-electron chi connectivity index (χ3n) is 6.63. The summed E-state index contributed by atoms with van der Waals surface area (Å²) in [5.74, 6) is 1.34. The van der Waals surface area contributed by atoms with Gasteiger partial charge in [-0.15, -0.1) is 0 Å². The predicted octanol–water partition coefficient (Wildman–Crippen LogP) is 3.66. The van der Waals surface area contributed by atoms with Gasteiger partial charge in [0, 0.05) is 18.2 Å². The van der Waals surface area contributed by atoms with Crippen LogP contribution in [0.3, 0.4) is 0 Å². The van der Waals surface area contributed by atoms with Crippen molar-refractivity contribution in [1.29, 1.82) is 0 Å². The van der Waals surface area contributed by atoms with Crippen LogP contribution in [0.5, 0.6) is 0 Å². The molecule has 134 valence electrons. The van der Waals surface area contributed by atoms with Crippen molar-refractivity contribution in [2.75, 3.05) is 5.32 Å². The molecule has 2 N–H and O–H groups in total. The van der Waals surface area contributed by atoms with Gasteiger partial charge in [0.05, 0.1) is 5.41 Å². The Morgan fingerprint density at radius 1 is 1.12 bits per heavy atom. The average Bonchev–Trinajstić information content (AvgIpc) is 2.52. The highest BCUT2D eigenvalue weighted by atomic mass is 16.2. The lowest BCUT2D eigenvalue weighted by Crippen LogP contribution is -2.65. The fourth-order valence-corrected chi connectivity index (χ4v) is 6.25. The molecule has 5 rings (SSSR count). The second-order valence-electron chi connectivity index (χ2n) is 8.67. The zero-order valence-corrected chi connectivity index (χ0v) is 15.2. The zero-order chi connectivity index (χ0) is 17.7. The number of hydrogen-bond acceptors (Lipinski definition) is 2. The Bertz CT molecular complexity index is 698. The molecule has 2 amide bonds. The second kappa shape index (κ2) is 5.86. The van der Waals surface area contributed by atoms with Crippen molar-refractivity contribution in [3.63, 3.8) is 0 Å². The normalized spacial score (nSPS) is 35.4. The lowest BCUT2D eigenvalue weighted by atomic mass is 9.46. The summed E-state index contributed by atoms with van der Waals surface area (Å²) >= 11 is 0. The van der Waals surface area contributed by atoms with Crippen molar-refractivity contribution in [2.24, 2.45) is 17.3 Å². The van der Waals surface area contributed by atoms with Crippen molar-refractivity contribution in [2.45, 2.75) is 64.3 Å². The van der Waals surface area contributed by atoms with Gasteiger partial charge in [-0.3, -0.25) is 9.59 Å². The number of hydrogen-bond donors (Lipinski definition) is 2. The number of aryl methyl sites for hydroxylation is 1. The number of para-hydroxylation sites is 1. The molecule has 4 heteroatoms. The third kappa shape index (κ3) is 2.86. The quantitative estimate of drug-likeness (QED) is 0.879. The Labute approximate surface area is 149 Å². The Morgan fingerprint density at radius 2 is 1.80 bits per heavy atom. The molecular formula is C21H28N2O2. The summed E-state index contributed by atoms with van der Waals surface area (Å²) in [5.41, 5.74) is 1.65. The Balaban J connectivity index is 1.60. The maximum absolute atomic E-state index is 13.3. The van der Waals surface area contributed by atoms with Gasteiger partial charge in [0.15, 0.2) is 0 Å². The number of amides is 2. The van der Waals surface area contributed by atoms with E-state index in [2.05, 4.69) is 23.6 Å². The summed E-state index contributed by atoms with van der Waals surface area (Å²) < 4.78 is 0. The minimum atomic E-state index is -0.312. The molecule has 0 radical (unpaired) electrons. The van der Waals surface area contributed by atoms with Crippen LogP contribution >= 0.6 is 0 Å². The van der Waals surface area contributed by atoms with Gasteiger partial charge in [-0.05, 0) is 68.4 Å². The lowest BCUT2D eigenvalue weighted by Gasteiger charge is -2.61. The maximum atomic E-state index is 13.3. The highest BCUT2D eigenvalue weighted by Gasteiger charge is 2.60. The summed E-state index contributed by atoms with van der Waals surface area (Å²) in [5, 5.41) is 6.47. The third-order valence-corrected chi connectivity index (χ3v) is 6.63. The van der Waals surface area contributed by atoms with Crippen LogP contribution in [0.15, 0.2) is 24.3 Å². The average molecular weight is 340 g/mol. The molecule has 4 aliphatic carbocycles. The second-order valence-corrected chi connectivity index (χ2v) is 8.67. The van der Waals surface area contributed by atoms with Crippen LogP contribution in [0, 0.1) is 17.3 Å². The van der Waals surface area contributed by atoms with Crippen molar-refractivity contribution in [1.82, 2.24) is 5.32 Å². The molecule has 25 heavy (non-hydrogen) atoms. The van der Waals surface area contributed by atoms with Gasteiger partial charge in [0.2, 0.25) is 11.8 Å². The van der Waals surface area contributed by atoms with Crippen LogP contribution in [0.25, 0.3) is 0 Å². The van der Waals surface area contributed by atoms with E-state index in [0.717, 1.165) is 44.2 Å². The van der Waals surface area contributed by atoms with E-state index in [1.165, 1.54) is 12.0 Å². The van der Waals surface area contributed by atoms with Crippen molar-refractivity contribution >= 4 is 17.5 Å². The summed E-state index contributed by atoms with van der Waals surface area (Å²) in [6.07, 6.45) is 6.97. The van der Waals surface area contributed by atoms with Gasteiger partial charge in [0.25, 0.3) is 0 Å². The predicted molar refractivity (Wildman–Crippen MR) is 98.1 cm³/mol. The molecule has 0 saturated heterocycles. The maximum Gasteiger partial charge on any atom is 0.230 e. The van der Waals surface area contributed by atoms with Crippen LogP contribution in [-0.4, -0.2) is 17.4 Å². The summed E-state index contributed by atoms with van der Waals surface area (Å²) in [6, 6.07) is 8.08. The van der Waals surface area contributed by atoms with Gasteiger partial charge in [-0.2, -0.15) is 0 Å². The largest absolute Gasteiger partial charge is 0.351 e. The molecule has 1 aromatic rings. The smallest absolute Gasteiger partial charge is 0.230 e. The van der Waals surface area contributed by atoms with Crippen molar-refractivity contribution in [3.05, 3.63) is 29.8 Å². The number of rotatable bonds is 4. The molecule has 4 bridgehead atoms. The molecule has 2 atom stereocenters. The number of benzene rings is 1. The number of anilines is 1. The number of carbonyl (C=O) groups excluding carboxylic acids is 2. The highest BCUT2D eigenvalue weighted by molar-refractivity contribution is 5.96. The van der Waals surface area contributed by atoms with E-state index in [1.807, 2.05) is 18.2 Å². The van der Waals surface area contributed by atoms with E-state index in [1.54, 1.807) is 6.92 Å². The van der Waals surface area contributed by atoms with Gasteiger partial charge >= 0.3 is 0 Å². The Morgan fingerprint density at radius 3 is 2.44 bits per heavy atom. The van der Waals surface area contributed by atoms with Crippen molar-refractivity contribution < 1.29 is 9.59 Å². The fraction of sp³-hybridized carbons (Fsp3) is 0.619. The first-order chi connectivity index (χ1) is 11.9. The van der Waals surface area contributed by atoms with E-state index in [-0.39, 0.29) is 22.8 Å². The topological polar surface area (TPSA) is 58.2 Å². The van der Waals surface area contributed by atoms with E-state index in [0.29, 0.717) is 11.8 Å². The molecule has 4 aliphatic rings. The molecular weight excluding hydrogens is 312 g/mol. The molecule has 0 aliphatic heterocycles. The SMILES string of the molecule is CCc1ccccc1NC(=O)C12CC3CC(CC(NC(C)=O)(C3)C1)C2. The van der Waals surface area contributed by atoms with Gasteiger partial charge in [0.1, 0.15) is 0 Å². The van der Waals surface area contributed by atoms with Gasteiger partial charge < -0.3 is 10.6 Å². The first-order valence-corrected chi connectivity index (χ1v) is 9.62. The van der Waals surface area contributed by atoms with Crippen LogP contribution in [0.1, 0.15) is 57.9 Å². The van der Waals surface area contributed by atoms with Crippen LogP contribution in [0.2, 0.25) is 0 Å². The van der Waals surface area contributed by atoms with Crippen LogP contribution in [-0.2, 0) is 16.0 Å². The van der Waals surface area contributed by atoms with Crippen molar-refractivity contribution in [3.8, 4) is 0 Å². The van der Waals surface area contributed by atoms with Crippen LogP contribution in [0.4, 0.5) is 5.69 Å². The molecule has 2 unspecified atom stereocenters. The van der Waals surface area contributed by atoms with E-state index >= 15 is 0 Å². The molecule has 0 spiro atoms. The van der Waals surface area contributed by atoms with Gasteiger partial charge in [-0.25, -0.2) is 0 Å². The van der Waals surface area contributed by atoms with E-state index in [4.69, 9.17) is 0 Å². The number of nitrogens with one attached hydrogen (secondary N) is 2. The Kier molecular flexibility index (Phi) is 3.89. The highest BCUT2D eigenvalue weighted by Crippen LogP contribution is 2.61. The molecule has 4 fully saturated rings. The standard InChI is InChI=1S/C21H28N2O2/c1-3-17-6-4-5-7-18(17)22-19(25)20-9-15-8-16(10-20)12-21(11-15,13-20)23-14(2)24/h4-7,15-16H,3,8-13H2,1-2H3,(H,22,25)(H,23,24). The molecule has 0 aromatic heterocycles. The molecule has 1 aromatic carbocycles. The summed E-state index contributed by atoms with van der Waals surface area (Å²) in [4.78, 5) is 25.1. The van der Waals surface area contributed by atoms with Gasteiger partial charge in [-0.1, -0.05) is 25.1 Å². The monoisotopic (exact) mass is 340 g/mol. The number of carbonyl (C=O) groups is 2. The minimum absolute atomic E-state index is 0.0360. The van der Waals surface area contributed by atoms with E-state index in [9.17, 15) is 9.59 Å². The Hall–Kier alpha value is -1.84. The molecule has 4 saturated carbocycles. The minimum Gasteiger partial charge on any atom is -0.351 e. The summed E-state index contributed by atoms with van der Waals surface area (Å²) in [6.45, 7) is 3.71.